The molecule has 2 aromatic rings. The maximum absolute atomic E-state index is 12.8. The number of methoxy groups -OCH3 is 1. The Kier molecular flexibility index (Phi) is 6.36. The zero-order valence-electron chi connectivity index (χ0n) is 18.0. The zero-order valence-corrected chi connectivity index (χ0v) is 18.0. The largest absolute Gasteiger partial charge is 0.465 e. The first kappa shape index (κ1) is 21.8. The minimum Gasteiger partial charge on any atom is -0.465 e. The van der Waals surface area contributed by atoms with E-state index in [1.807, 2.05) is 18.2 Å². The number of anilines is 2. The second-order valence-electron chi connectivity index (χ2n) is 8.25. The number of carbonyl (C=O) groups excluding carboxylic acids is 2. The SMILES string of the molecule is COC(=O)c1cc(C(=O)Nc2cccc(N3CCN(CC4CC4)CC3)c2)cc([N+](=O)[O-])c1. The predicted molar refractivity (Wildman–Crippen MR) is 120 cm³/mol. The molecule has 4 rings (SSSR count). The molecule has 1 N–H and O–H groups in total. The minimum absolute atomic E-state index is 0.0127. The fraction of sp³-hybridized carbons (Fsp3) is 0.391. The molecule has 1 heterocycles. The molecule has 2 fully saturated rings. The van der Waals surface area contributed by atoms with Crippen LogP contribution in [0.5, 0.6) is 0 Å². The average molecular weight is 438 g/mol. The van der Waals surface area contributed by atoms with Crippen LogP contribution in [0.1, 0.15) is 33.6 Å². The van der Waals surface area contributed by atoms with Crippen molar-refractivity contribution in [1.82, 2.24) is 4.90 Å². The van der Waals surface area contributed by atoms with E-state index in [1.165, 1.54) is 32.6 Å². The van der Waals surface area contributed by atoms with Crippen LogP contribution < -0.4 is 10.2 Å². The molecule has 0 spiro atoms. The zero-order chi connectivity index (χ0) is 22.7. The van der Waals surface area contributed by atoms with E-state index in [0.717, 1.165) is 49.9 Å². The van der Waals surface area contributed by atoms with Gasteiger partial charge < -0.3 is 15.0 Å². The Hall–Kier alpha value is -3.46. The fourth-order valence-electron chi connectivity index (χ4n) is 3.92. The lowest BCUT2D eigenvalue weighted by molar-refractivity contribution is -0.384. The van der Waals surface area contributed by atoms with E-state index in [9.17, 15) is 19.7 Å². The van der Waals surface area contributed by atoms with Crippen molar-refractivity contribution in [2.75, 3.05) is 50.1 Å². The third-order valence-corrected chi connectivity index (χ3v) is 5.87. The number of nitro benzene ring substituents is 1. The van der Waals surface area contributed by atoms with Crippen LogP contribution in [0.15, 0.2) is 42.5 Å². The van der Waals surface area contributed by atoms with E-state index in [0.29, 0.717) is 5.69 Å². The number of ether oxygens (including phenoxy) is 1. The van der Waals surface area contributed by atoms with Crippen LogP contribution in [0.2, 0.25) is 0 Å². The highest BCUT2D eigenvalue weighted by Crippen LogP contribution is 2.30. The van der Waals surface area contributed by atoms with Gasteiger partial charge in [-0.15, -0.1) is 0 Å². The molecule has 9 nitrogen and oxygen atoms in total. The number of esters is 1. The molecular weight excluding hydrogens is 412 g/mol. The number of nitrogens with zero attached hydrogens (tertiary/aromatic N) is 3. The Morgan fingerprint density at radius 2 is 1.81 bits per heavy atom. The number of amides is 1. The number of benzene rings is 2. The van der Waals surface area contributed by atoms with Gasteiger partial charge in [-0.2, -0.15) is 0 Å². The molecule has 1 aliphatic carbocycles. The number of hydrogen-bond donors (Lipinski definition) is 1. The fourth-order valence-corrected chi connectivity index (χ4v) is 3.92. The first-order chi connectivity index (χ1) is 15.4. The molecule has 0 atom stereocenters. The van der Waals surface area contributed by atoms with Crippen molar-refractivity contribution in [3.8, 4) is 0 Å². The van der Waals surface area contributed by atoms with Crippen LogP contribution in [-0.4, -0.2) is 61.5 Å². The molecule has 0 aromatic heterocycles. The number of hydrogen-bond acceptors (Lipinski definition) is 7. The summed E-state index contributed by atoms with van der Waals surface area (Å²) < 4.78 is 4.64. The van der Waals surface area contributed by atoms with Gasteiger partial charge in [0.25, 0.3) is 11.6 Å². The monoisotopic (exact) mass is 438 g/mol. The van der Waals surface area contributed by atoms with Gasteiger partial charge in [-0.25, -0.2) is 4.79 Å². The summed E-state index contributed by atoms with van der Waals surface area (Å²) in [6.07, 6.45) is 2.71. The number of non-ortho nitro benzene ring substituents is 1. The molecule has 1 aliphatic heterocycles. The molecule has 168 valence electrons. The lowest BCUT2D eigenvalue weighted by Crippen LogP contribution is -2.47. The van der Waals surface area contributed by atoms with E-state index < -0.39 is 16.8 Å². The molecule has 1 saturated heterocycles. The Morgan fingerprint density at radius 1 is 1.09 bits per heavy atom. The van der Waals surface area contributed by atoms with E-state index in [-0.39, 0.29) is 16.8 Å². The second-order valence-corrected chi connectivity index (χ2v) is 8.25. The van der Waals surface area contributed by atoms with Crippen molar-refractivity contribution in [1.29, 1.82) is 0 Å². The lowest BCUT2D eigenvalue weighted by Gasteiger charge is -2.36. The van der Waals surface area contributed by atoms with Crippen LogP contribution >= 0.6 is 0 Å². The van der Waals surface area contributed by atoms with Crippen LogP contribution in [0, 0.1) is 16.0 Å². The first-order valence-electron chi connectivity index (χ1n) is 10.7. The Bertz CT molecular complexity index is 1030. The van der Waals surface area contributed by atoms with E-state index in [2.05, 4.69) is 19.9 Å². The molecule has 0 radical (unpaired) electrons. The standard InChI is InChI=1S/C23H26N4O5/c1-32-23(29)18-11-17(12-21(13-18)27(30)31)22(28)24-19-3-2-4-20(14-19)26-9-7-25(8-10-26)15-16-5-6-16/h2-4,11-14,16H,5-10,15H2,1H3,(H,24,28). The van der Waals surface area contributed by atoms with Gasteiger partial charge in [0.2, 0.25) is 0 Å². The summed E-state index contributed by atoms with van der Waals surface area (Å²) in [7, 11) is 1.18. The van der Waals surface area contributed by atoms with Crippen molar-refractivity contribution in [3.63, 3.8) is 0 Å². The van der Waals surface area contributed by atoms with Crippen LogP contribution in [0.3, 0.4) is 0 Å². The van der Waals surface area contributed by atoms with Gasteiger partial charge >= 0.3 is 5.97 Å². The summed E-state index contributed by atoms with van der Waals surface area (Å²) in [5, 5.41) is 14.0. The van der Waals surface area contributed by atoms with Crippen molar-refractivity contribution >= 4 is 28.9 Å². The van der Waals surface area contributed by atoms with Gasteiger partial charge in [-0.1, -0.05) is 6.07 Å². The van der Waals surface area contributed by atoms with Crippen LogP contribution in [0.25, 0.3) is 0 Å². The maximum Gasteiger partial charge on any atom is 0.338 e. The maximum atomic E-state index is 12.8. The number of nitrogens with one attached hydrogen (secondary N) is 1. The van der Waals surface area contributed by atoms with Crippen molar-refractivity contribution < 1.29 is 19.2 Å². The van der Waals surface area contributed by atoms with Crippen molar-refractivity contribution in [2.24, 2.45) is 5.92 Å². The van der Waals surface area contributed by atoms with Crippen LogP contribution in [0.4, 0.5) is 17.1 Å². The van der Waals surface area contributed by atoms with Crippen molar-refractivity contribution in [2.45, 2.75) is 12.8 Å². The smallest absolute Gasteiger partial charge is 0.338 e. The summed E-state index contributed by atoms with van der Waals surface area (Å²) in [6.45, 7) is 5.10. The highest BCUT2D eigenvalue weighted by molar-refractivity contribution is 6.06. The van der Waals surface area contributed by atoms with Gasteiger partial charge in [0, 0.05) is 61.8 Å². The van der Waals surface area contributed by atoms with Gasteiger partial charge in [0.1, 0.15) is 0 Å². The molecule has 32 heavy (non-hydrogen) atoms. The quantitative estimate of drug-likeness (QED) is 0.402. The molecular formula is C23H26N4O5. The Morgan fingerprint density at radius 3 is 2.47 bits per heavy atom. The third-order valence-electron chi connectivity index (χ3n) is 5.87. The van der Waals surface area contributed by atoms with Gasteiger partial charge in [-0.05, 0) is 43.0 Å². The van der Waals surface area contributed by atoms with E-state index in [4.69, 9.17) is 0 Å². The topological polar surface area (TPSA) is 105 Å². The number of piperazine rings is 1. The molecule has 1 saturated carbocycles. The average Bonchev–Trinajstić information content (AvgIpc) is 3.63. The van der Waals surface area contributed by atoms with E-state index >= 15 is 0 Å². The van der Waals surface area contributed by atoms with Gasteiger partial charge in [0.05, 0.1) is 17.6 Å². The minimum atomic E-state index is -0.745. The number of nitro groups is 1. The normalized spacial score (nSPS) is 16.5. The summed E-state index contributed by atoms with van der Waals surface area (Å²) in [5.41, 5.74) is 1.21. The third kappa shape index (κ3) is 5.23. The molecule has 0 bridgehead atoms. The summed E-state index contributed by atoms with van der Waals surface area (Å²) in [6, 6.07) is 11.1. The summed E-state index contributed by atoms with van der Waals surface area (Å²) in [5.74, 6) is -0.399. The highest BCUT2D eigenvalue weighted by Gasteiger charge is 2.26. The number of rotatable bonds is 7. The molecule has 0 unspecified atom stereocenters. The molecule has 2 aliphatic rings. The molecule has 2 aromatic carbocycles. The second kappa shape index (κ2) is 9.35. The van der Waals surface area contributed by atoms with E-state index in [1.54, 1.807) is 6.07 Å². The summed E-state index contributed by atoms with van der Waals surface area (Å²) in [4.78, 5) is 40.0. The molecule has 9 heteroatoms. The number of carbonyl (C=O) groups is 2. The van der Waals surface area contributed by atoms with Crippen molar-refractivity contribution in [3.05, 3.63) is 63.7 Å². The predicted octanol–water partition coefficient (Wildman–Crippen LogP) is 3.17. The van der Waals surface area contributed by atoms with Gasteiger partial charge in [0.15, 0.2) is 0 Å². The lowest BCUT2D eigenvalue weighted by atomic mass is 10.1. The van der Waals surface area contributed by atoms with Gasteiger partial charge in [-0.3, -0.25) is 19.8 Å². The Labute approximate surface area is 186 Å². The highest BCUT2D eigenvalue weighted by atomic mass is 16.6. The first-order valence-corrected chi connectivity index (χ1v) is 10.7. The van der Waals surface area contributed by atoms with Crippen LogP contribution in [-0.2, 0) is 4.74 Å². The Balaban J connectivity index is 1.45. The summed E-state index contributed by atoms with van der Waals surface area (Å²) >= 11 is 0. The molecule has 1 amide bonds.